The molecule has 0 aromatic carbocycles. The summed E-state index contributed by atoms with van der Waals surface area (Å²) in [4.78, 5) is 0. The molecule has 0 aromatic heterocycles. The molecular formula is C6H12NO3P. The third-order valence-electron chi connectivity index (χ3n) is 1.34. The molecule has 0 aliphatic rings. The molecule has 0 rings (SSSR count). The van der Waals surface area contributed by atoms with Crippen LogP contribution in [0.25, 0.3) is 0 Å². The van der Waals surface area contributed by atoms with Crippen LogP contribution in [0, 0.1) is 11.3 Å². The van der Waals surface area contributed by atoms with Crippen LogP contribution < -0.4 is 0 Å². The highest BCUT2D eigenvalue weighted by molar-refractivity contribution is 7.58. The standard InChI is InChI=1S/C6H12NO3P/c1-10-11(2,9)4-3-6(8)5-7/h6,8H,3-4H2,1-2H3. The van der Waals surface area contributed by atoms with E-state index in [9.17, 15) is 4.57 Å². The van der Waals surface area contributed by atoms with Crippen molar-refractivity contribution in [3.05, 3.63) is 0 Å². The molecule has 0 saturated heterocycles. The normalized spacial score (nSPS) is 18.4. The van der Waals surface area contributed by atoms with E-state index in [-0.39, 0.29) is 12.6 Å². The zero-order valence-corrected chi connectivity index (χ0v) is 7.54. The SMILES string of the molecule is COP(C)(=O)CCC(O)C#N. The van der Waals surface area contributed by atoms with Crippen LogP contribution in [-0.2, 0) is 9.09 Å². The molecule has 0 saturated carbocycles. The molecule has 11 heavy (non-hydrogen) atoms. The summed E-state index contributed by atoms with van der Waals surface area (Å²) in [7, 11) is -1.19. The van der Waals surface area contributed by atoms with Crippen molar-refractivity contribution < 1.29 is 14.2 Å². The molecular weight excluding hydrogens is 165 g/mol. The van der Waals surface area contributed by atoms with E-state index in [1.54, 1.807) is 6.07 Å². The van der Waals surface area contributed by atoms with Gasteiger partial charge in [-0.15, -0.1) is 0 Å². The lowest BCUT2D eigenvalue weighted by Crippen LogP contribution is -2.05. The van der Waals surface area contributed by atoms with Crippen LogP contribution in [0.5, 0.6) is 0 Å². The maximum Gasteiger partial charge on any atom is 0.200 e. The van der Waals surface area contributed by atoms with Gasteiger partial charge in [0.05, 0.1) is 6.07 Å². The number of hydrogen-bond acceptors (Lipinski definition) is 4. The number of nitriles is 1. The van der Waals surface area contributed by atoms with Crippen molar-refractivity contribution in [2.24, 2.45) is 0 Å². The molecule has 0 aliphatic carbocycles. The molecule has 64 valence electrons. The summed E-state index contributed by atoms with van der Waals surface area (Å²) in [6.45, 7) is 1.48. The largest absolute Gasteiger partial charge is 0.378 e. The highest BCUT2D eigenvalue weighted by atomic mass is 31.2. The van der Waals surface area contributed by atoms with Gasteiger partial charge in [-0.3, -0.25) is 4.57 Å². The minimum absolute atomic E-state index is 0.206. The van der Waals surface area contributed by atoms with Crippen LogP contribution in [0.15, 0.2) is 0 Å². The van der Waals surface area contributed by atoms with E-state index in [0.29, 0.717) is 0 Å². The van der Waals surface area contributed by atoms with Crippen molar-refractivity contribution in [1.82, 2.24) is 0 Å². The number of aliphatic hydroxyl groups is 1. The van der Waals surface area contributed by atoms with Gasteiger partial charge in [0.15, 0.2) is 7.37 Å². The summed E-state index contributed by atoms with van der Waals surface area (Å²) < 4.78 is 15.8. The molecule has 4 nitrogen and oxygen atoms in total. The molecule has 1 N–H and O–H groups in total. The summed E-state index contributed by atoms with van der Waals surface area (Å²) in [5.74, 6) is 0. The molecule has 0 spiro atoms. The lowest BCUT2D eigenvalue weighted by molar-refractivity contribution is 0.225. The Hall–Kier alpha value is -0.360. The predicted octanol–water partition coefficient (Wildman–Crippen LogP) is 0.815. The van der Waals surface area contributed by atoms with E-state index in [4.69, 9.17) is 10.4 Å². The van der Waals surface area contributed by atoms with Gasteiger partial charge in [-0.1, -0.05) is 0 Å². The molecule has 0 amide bonds. The topological polar surface area (TPSA) is 70.3 Å². The Balaban J connectivity index is 3.72. The first-order chi connectivity index (χ1) is 5.02. The van der Waals surface area contributed by atoms with Gasteiger partial charge in [-0.05, 0) is 6.42 Å². The lowest BCUT2D eigenvalue weighted by atomic mass is 10.3. The van der Waals surface area contributed by atoms with Gasteiger partial charge in [0.2, 0.25) is 0 Å². The van der Waals surface area contributed by atoms with Crippen LogP contribution in [0.2, 0.25) is 0 Å². The smallest absolute Gasteiger partial charge is 0.200 e. The van der Waals surface area contributed by atoms with Gasteiger partial charge in [-0.25, -0.2) is 0 Å². The molecule has 0 fully saturated rings. The molecule has 0 bridgehead atoms. The number of aliphatic hydroxyl groups excluding tert-OH is 1. The molecule has 0 aromatic rings. The second-order valence-corrected chi connectivity index (χ2v) is 5.19. The Morgan fingerprint density at radius 3 is 2.73 bits per heavy atom. The second kappa shape index (κ2) is 4.50. The zero-order chi connectivity index (χ0) is 8.91. The second-order valence-electron chi connectivity index (χ2n) is 2.35. The molecule has 2 unspecified atom stereocenters. The van der Waals surface area contributed by atoms with Crippen molar-refractivity contribution in [2.75, 3.05) is 19.9 Å². The maximum absolute atomic E-state index is 11.2. The van der Waals surface area contributed by atoms with Gasteiger partial charge in [-0.2, -0.15) is 5.26 Å². The highest BCUT2D eigenvalue weighted by Crippen LogP contribution is 2.41. The third-order valence-corrected chi connectivity index (χ3v) is 3.19. The molecule has 0 radical (unpaired) electrons. The monoisotopic (exact) mass is 177 g/mol. The van der Waals surface area contributed by atoms with E-state index in [1.165, 1.54) is 13.8 Å². The fraction of sp³-hybridized carbons (Fsp3) is 0.833. The first-order valence-corrected chi connectivity index (χ1v) is 5.47. The highest BCUT2D eigenvalue weighted by Gasteiger charge is 2.15. The summed E-state index contributed by atoms with van der Waals surface area (Å²) >= 11 is 0. The van der Waals surface area contributed by atoms with Crippen LogP contribution in [0.3, 0.4) is 0 Å². The van der Waals surface area contributed by atoms with Gasteiger partial charge in [0, 0.05) is 19.9 Å². The Morgan fingerprint density at radius 1 is 1.82 bits per heavy atom. The zero-order valence-electron chi connectivity index (χ0n) is 6.65. The lowest BCUT2D eigenvalue weighted by Gasteiger charge is -2.09. The molecule has 5 heteroatoms. The summed E-state index contributed by atoms with van der Waals surface area (Å²) in [5.41, 5.74) is 0. The van der Waals surface area contributed by atoms with E-state index in [1.807, 2.05) is 0 Å². The Kier molecular flexibility index (Phi) is 4.36. The van der Waals surface area contributed by atoms with Gasteiger partial charge < -0.3 is 9.63 Å². The third kappa shape index (κ3) is 4.97. The minimum Gasteiger partial charge on any atom is -0.378 e. The van der Waals surface area contributed by atoms with Gasteiger partial charge in [0.1, 0.15) is 6.10 Å². The van der Waals surface area contributed by atoms with Gasteiger partial charge >= 0.3 is 0 Å². The predicted molar refractivity (Wildman–Crippen MR) is 41.6 cm³/mol. The summed E-state index contributed by atoms with van der Waals surface area (Å²) in [5, 5.41) is 17.0. The van der Waals surface area contributed by atoms with Crippen LogP contribution >= 0.6 is 7.37 Å². The average molecular weight is 177 g/mol. The van der Waals surface area contributed by atoms with E-state index < -0.39 is 13.5 Å². The van der Waals surface area contributed by atoms with E-state index >= 15 is 0 Å². The minimum atomic E-state index is -2.55. The summed E-state index contributed by atoms with van der Waals surface area (Å²) in [6, 6.07) is 1.64. The quantitative estimate of drug-likeness (QED) is 0.509. The Labute approximate surface area is 66.2 Å². The number of rotatable bonds is 4. The molecule has 0 aliphatic heterocycles. The van der Waals surface area contributed by atoms with E-state index in [0.717, 1.165) is 0 Å². The molecule has 2 atom stereocenters. The van der Waals surface area contributed by atoms with Crippen molar-refractivity contribution in [3.8, 4) is 6.07 Å². The maximum atomic E-state index is 11.2. The Bertz CT molecular complexity index is 198. The Morgan fingerprint density at radius 2 is 2.36 bits per heavy atom. The first-order valence-electron chi connectivity index (χ1n) is 3.22. The van der Waals surface area contributed by atoms with Crippen molar-refractivity contribution >= 4 is 7.37 Å². The fourth-order valence-electron chi connectivity index (χ4n) is 0.513. The van der Waals surface area contributed by atoms with Crippen LogP contribution in [-0.4, -0.2) is 31.1 Å². The van der Waals surface area contributed by atoms with E-state index in [2.05, 4.69) is 4.52 Å². The summed E-state index contributed by atoms with van der Waals surface area (Å²) in [6.07, 6.45) is -0.575. The fourth-order valence-corrected chi connectivity index (χ4v) is 1.41. The number of nitrogens with zero attached hydrogens (tertiary/aromatic N) is 1. The van der Waals surface area contributed by atoms with Crippen LogP contribution in [0.4, 0.5) is 0 Å². The first kappa shape index (κ1) is 10.6. The van der Waals surface area contributed by atoms with Crippen molar-refractivity contribution in [1.29, 1.82) is 5.26 Å². The van der Waals surface area contributed by atoms with Gasteiger partial charge in [0.25, 0.3) is 0 Å². The van der Waals surface area contributed by atoms with Crippen molar-refractivity contribution in [2.45, 2.75) is 12.5 Å². The average Bonchev–Trinajstić information content (AvgIpc) is 2.00. The van der Waals surface area contributed by atoms with Crippen LogP contribution in [0.1, 0.15) is 6.42 Å². The number of hydrogen-bond donors (Lipinski definition) is 1. The van der Waals surface area contributed by atoms with Crippen molar-refractivity contribution in [3.63, 3.8) is 0 Å². The molecule has 0 heterocycles.